The summed E-state index contributed by atoms with van der Waals surface area (Å²) in [6, 6.07) is 6.57. The van der Waals surface area contributed by atoms with E-state index in [9.17, 15) is 9.59 Å². The summed E-state index contributed by atoms with van der Waals surface area (Å²) >= 11 is 5.67. The average molecular weight is 312 g/mol. The summed E-state index contributed by atoms with van der Waals surface area (Å²) in [6.45, 7) is 0.388. The van der Waals surface area contributed by atoms with Crippen molar-refractivity contribution in [3.05, 3.63) is 29.8 Å². The number of alkyl halides is 1. The first-order valence-electron chi connectivity index (χ1n) is 6.13. The van der Waals surface area contributed by atoms with Gasteiger partial charge in [-0.3, -0.25) is 15.6 Å². The first-order valence-corrected chi connectivity index (χ1v) is 6.66. The van der Waals surface area contributed by atoms with Gasteiger partial charge < -0.3 is 9.47 Å². The van der Waals surface area contributed by atoms with Gasteiger partial charge in [0.1, 0.15) is 11.9 Å². The molecule has 0 bridgehead atoms. The number of hydrogen-bond donors (Lipinski definition) is 2. The molecule has 1 fully saturated rings. The number of carbonyl (C=O) groups excluding carboxylic acids is 2. The zero-order valence-electron chi connectivity index (χ0n) is 11.3. The predicted molar refractivity (Wildman–Crippen MR) is 77.1 cm³/mol. The second-order valence-corrected chi connectivity index (χ2v) is 4.62. The standard InChI is InChI=1S/C13H14ClN3O4/c1-20-12(18)16-11(15)8-2-4-9(5-3-8)17-7-10(6-14)21-13(17)19/h2-5,10H,6-7H2,1H3,(H2,15,16,18)/t10-/m0/s1. The summed E-state index contributed by atoms with van der Waals surface area (Å²) in [5.74, 6) is 0.157. The lowest BCUT2D eigenvalue weighted by atomic mass is 10.2. The molecule has 1 saturated heterocycles. The molecule has 1 aliphatic rings. The van der Waals surface area contributed by atoms with Gasteiger partial charge in [-0.15, -0.1) is 11.6 Å². The van der Waals surface area contributed by atoms with Crippen LogP contribution in [0.4, 0.5) is 15.3 Å². The number of nitrogens with zero attached hydrogens (tertiary/aromatic N) is 1. The van der Waals surface area contributed by atoms with Gasteiger partial charge in [0.15, 0.2) is 0 Å². The second kappa shape index (κ2) is 6.45. The molecule has 2 rings (SSSR count). The van der Waals surface area contributed by atoms with Crippen LogP contribution in [-0.2, 0) is 9.47 Å². The number of alkyl carbamates (subject to hydrolysis) is 1. The van der Waals surface area contributed by atoms with Gasteiger partial charge >= 0.3 is 12.2 Å². The van der Waals surface area contributed by atoms with E-state index in [1.165, 1.54) is 12.0 Å². The van der Waals surface area contributed by atoms with Crippen LogP contribution in [0.2, 0.25) is 0 Å². The topological polar surface area (TPSA) is 91.7 Å². The Morgan fingerprint density at radius 1 is 1.52 bits per heavy atom. The number of benzene rings is 1. The SMILES string of the molecule is COC(=O)NC(=N)c1ccc(N2C[C@H](CCl)OC2=O)cc1. The number of carbonyl (C=O) groups is 2. The predicted octanol–water partition coefficient (Wildman–Crippen LogP) is 1.93. The van der Waals surface area contributed by atoms with Crippen LogP contribution in [-0.4, -0.2) is 43.7 Å². The van der Waals surface area contributed by atoms with Gasteiger partial charge in [0, 0.05) is 11.3 Å². The van der Waals surface area contributed by atoms with Gasteiger partial charge in [-0.25, -0.2) is 9.59 Å². The minimum atomic E-state index is -0.711. The molecule has 0 saturated carbocycles. The van der Waals surface area contributed by atoms with Crippen LogP contribution in [0.5, 0.6) is 0 Å². The summed E-state index contributed by atoms with van der Waals surface area (Å²) in [5.41, 5.74) is 1.13. The Morgan fingerprint density at radius 3 is 2.71 bits per heavy atom. The molecule has 21 heavy (non-hydrogen) atoms. The molecule has 0 spiro atoms. The normalized spacial score (nSPS) is 17.3. The summed E-state index contributed by atoms with van der Waals surface area (Å²) in [6.07, 6.45) is -1.48. The van der Waals surface area contributed by atoms with Crippen molar-refractivity contribution in [3.63, 3.8) is 0 Å². The van der Waals surface area contributed by atoms with Crippen molar-refractivity contribution in [3.8, 4) is 0 Å². The summed E-state index contributed by atoms with van der Waals surface area (Å²) in [4.78, 5) is 24.2. The first-order chi connectivity index (χ1) is 10.0. The smallest absolute Gasteiger partial charge is 0.414 e. The lowest BCUT2D eigenvalue weighted by Gasteiger charge is -2.13. The third-order valence-electron chi connectivity index (χ3n) is 2.93. The van der Waals surface area contributed by atoms with Crippen molar-refractivity contribution in [1.29, 1.82) is 5.41 Å². The molecule has 7 nitrogen and oxygen atoms in total. The van der Waals surface area contributed by atoms with Crippen molar-refractivity contribution in [2.75, 3.05) is 24.4 Å². The molecular formula is C13H14ClN3O4. The Balaban J connectivity index is 2.07. The van der Waals surface area contributed by atoms with Crippen molar-refractivity contribution < 1.29 is 19.1 Å². The number of methoxy groups -OCH3 is 1. The highest BCUT2D eigenvalue weighted by molar-refractivity contribution is 6.18. The van der Waals surface area contributed by atoms with E-state index in [1.54, 1.807) is 24.3 Å². The van der Waals surface area contributed by atoms with Crippen molar-refractivity contribution >= 4 is 35.3 Å². The van der Waals surface area contributed by atoms with Gasteiger partial charge in [-0.1, -0.05) is 0 Å². The Labute approximate surface area is 126 Å². The van der Waals surface area contributed by atoms with Gasteiger partial charge in [-0.2, -0.15) is 0 Å². The third-order valence-corrected chi connectivity index (χ3v) is 3.27. The number of ether oxygens (including phenoxy) is 2. The average Bonchev–Trinajstić information content (AvgIpc) is 2.88. The number of cyclic esters (lactones) is 1. The highest BCUT2D eigenvalue weighted by atomic mass is 35.5. The zero-order valence-corrected chi connectivity index (χ0v) is 12.0. The fraction of sp³-hybridized carbons (Fsp3) is 0.308. The largest absolute Gasteiger partial charge is 0.453 e. The molecule has 2 amide bonds. The van der Waals surface area contributed by atoms with E-state index in [4.69, 9.17) is 21.7 Å². The number of amidine groups is 1. The Morgan fingerprint density at radius 2 is 2.19 bits per heavy atom. The molecule has 0 aromatic heterocycles. The fourth-order valence-corrected chi connectivity index (χ4v) is 2.01. The number of amides is 2. The summed E-state index contributed by atoms with van der Waals surface area (Å²) in [5, 5.41) is 9.97. The van der Waals surface area contributed by atoms with Crippen molar-refractivity contribution in [1.82, 2.24) is 5.32 Å². The third kappa shape index (κ3) is 3.43. The molecule has 1 aromatic carbocycles. The van der Waals surface area contributed by atoms with Crippen LogP contribution in [0.1, 0.15) is 5.56 Å². The van der Waals surface area contributed by atoms with E-state index in [1.807, 2.05) is 0 Å². The van der Waals surface area contributed by atoms with Gasteiger partial charge in [0.2, 0.25) is 0 Å². The Kier molecular flexibility index (Phi) is 4.64. The highest BCUT2D eigenvalue weighted by Gasteiger charge is 2.31. The van der Waals surface area contributed by atoms with Crippen LogP contribution < -0.4 is 10.2 Å². The molecular weight excluding hydrogens is 298 g/mol. The lowest BCUT2D eigenvalue weighted by molar-refractivity contribution is 0.151. The van der Waals surface area contributed by atoms with Crippen molar-refractivity contribution in [2.24, 2.45) is 0 Å². The maximum Gasteiger partial charge on any atom is 0.414 e. The second-order valence-electron chi connectivity index (χ2n) is 4.31. The van der Waals surface area contributed by atoms with Crippen molar-refractivity contribution in [2.45, 2.75) is 6.10 Å². The van der Waals surface area contributed by atoms with E-state index in [2.05, 4.69) is 10.1 Å². The van der Waals surface area contributed by atoms with Crippen LogP contribution in [0.25, 0.3) is 0 Å². The van der Waals surface area contributed by atoms with E-state index < -0.39 is 12.2 Å². The summed E-state index contributed by atoms with van der Waals surface area (Å²) in [7, 11) is 1.22. The Hall–Kier alpha value is -2.28. The van der Waals surface area contributed by atoms with Gasteiger partial charge in [0.05, 0.1) is 19.5 Å². The molecule has 1 aromatic rings. The van der Waals surface area contributed by atoms with Crippen LogP contribution in [0, 0.1) is 5.41 Å². The molecule has 8 heteroatoms. The zero-order chi connectivity index (χ0) is 15.4. The van der Waals surface area contributed by atoms with E-state index >= 15 is 0 Å². The van der Waals surface area contributed by atoms with Gasteiger partial charge in [0.25, 0.3) is 0 Å². The van der Waals surface area contributed by atoms with Crippen LogP contribution >= 0.6 is 11.6 Å². The van der Waals surface area contributed by atoms with Crippen LogP contribution in [0.3, 0.4) is 0 Å². The monoisotopic (exact) mass is 311 g/mol. The number of rotatable bonds is 3. The van der Waals surface area contributed by atoms with Crippen LogP contribution in [0.15, 0.2) is 24.3 Å². The molecule has 1 atom stereocenters. The molecule has 1 heterocycles. The number of nitrogens with one attached hydrogen (secondary N) is 2. The molecule has 0 radical (unpaired) electrons. The van der Waals surface area contributed by atoms with E-state index in [0.29, 0.717) is 17.8 Å². The molecule has 1 aliphatic heterocycles. The maximum atomic E-state index is 11.7. The van der Waals surface area contributed by atoms with E-state index in [-0.39, 0.29) is 17.8 Å². The summed E-state index contributed by atoms with van der Waals surface area (Å²) < 4.78 is 9.47. The molecule has 112 valence electrons. The fourth-order valence-electron chi connectivity index (χ4n) is 1.85. The molecule has 2 N–H and O–H groups in total. The Bertz CT molecular complexity index is 561. The first kappa shape index (κ1) is 15.1. The van der Waals surface area contributed by atoms with Gasteiger partial charge in [-0.05, 0) is 24.3 Å². The minimum Gasteiger partial charge on any atom is -0.453 e. The molecule has 0 aliphatic carbocycles. The minimum absolute atomic E-state index is 0.0870. The maximum absolute atomic E-state index is 11.7. The lowest BCUT2D eigenvalue weighted by Crippen LogP contribution is -2.30. The number of hydrogen-bond acceptors (Lipinski definition) is 5. The number of anilines is 1. The quantitative estimate of drug-likeness (QED) is 0.507. The number of halogens is 1. The molecule has 0 unspecified atom stereocenters. The van der Waals surface area contributed by atoms with E-state index in [0.717, 1.165) is 0 Å². The highest BCUT2D eigenvalue weighted by Crippen LogP contribution is 2.22.